The van der Waals surface area contributed by atoms with Gasteiger partial charge in [-0.3, -0.25) is 9.78 Å². The fourth-order valence-corrected chi connectivity index (χ4v) is 2.10. The van der Waals surface area contributed by atoms with Crippen LogP contribution < -0.4 is 22.8 Å². The van der Waals surface area contributed by atoms with Crippen LogP contribution in [0.4, 0.5) is 5.95 Å². The van der Waals surface area contributed by atoms with E-state index in [0.717, 1.165) is 12.8 Å². The van der Waals surface area contributed by atoms with Crippen LogP contribution in [-0.2, 0) is 5.66 Å². The summed E-state index contributed by atoms with van der Waals surface area (Å²) in [6, 6.07) is 0. The van der Waals surface area contributed by atoms with Gasteiger partial charge in [0.2, 0.25) is 5.95 Å². The highest BCUT2D eigenvalue weighted by molar-refractivity contribution is 5.84. The van der Waals surface area contributed by atoms with Crippen LogP contribution in [0, 0.1) is 11.8 Å². The minimum Gasteiger partial charge on any atom is -0.369 e. The number of anilines is 1. The summed E-state index contributed by atoms with van der Waals surface area (Å²) in [5.74, 6) is 5.68. The molecule has 7 heteroatoms. The van der Waals surface area contributed by atoms with Crippen LogP contribution in [-0.4, -0.2) is 21.1 Å². The van der Waals surface area contributed by atoms with Crippen LogP contribution in [0.5, 0.6) is 0 Å². The fourth-order valence-electron chi connectivity index (χ4n) is 2.10. The lowest BCUT2D eigenvalue weighted by atomic mass is 10.2. The van der Waals surface area contributed by atoms with Crippen LogP contribution in [0.25, 0.3) is 11.0 Å². The second-order valence-electron chi connectivity index (χ2n) is 4.67. The summed E-state index contributed by atoms with van der Waals surface area (Å²) in [6.07, 6.45) is 3.44. The number of hydrogen-bond donors (Lipinski definition) is 4. The number of aromatic amines is 1. The fraction of sp³-hybridized carbons (Fsp3) is 0.333. The molecule has 0 bridgehead atoms. The van der Waals surface area contributed by atoms with Gasteiger partial charge in [0.15, 0.2) is 5.65 Å². The van der Waals surface area contributed by atoms with E-state index >= 15 is 0 Å². The van der Waals surface area contributed by atoms with Crippen molar-refractivity contribution in [3.63, 3.8) is 0 Å². The molecule has 2 aromatic rings. The van der Waals surface area contributed by atoms with Gasteiger partial charge in [0.25, 0.3) is 5.56 Å². The van der Waals surface area contributed by atoms with Gasteiger partial charge in [-0.1, -0.05) is 11.8 Å². The molecule has 0 aliphatic heterocycles. The largest absolute Gasteiger partial charge is 0.369 e. The molecule has 0 amide bonds. The Kier molecular flexibility index (Phi) is 2.38. The van der Waals surface area contributed by atoms with Crippen LogP contribution in [0.15, 0.2) is 11.0 Å². The Hall–Kier alpha value is -2.30. The Balaban J connectivity index is 2.36. The molecule has 1 aliphatic carbocycles. The van der Waals surface area contributed by atoms with Crippen LogP contribution in [0.1, 0.15) is 18.4 Å². The SMILES string of the molecule is NCC#Cc1cn(C2(N)CC2)c2nc(N)[nH]c(=O)c12. The van der Waals surface area contributed by atoms with Crippen molar-refractivity contribution in [1.29, 1.82) is 0 Å². The molecular weight excluding hydrogens is 244 g/mol. The summed E-state index contributed by atoms with van der Waals surface area (Å²) < 4.78 is 1.79. The smallest absolute Gasteiger partial charge is 0.263 e. The van der Waals surface area contributed by atoms with Gasteiger partial charge < -0.3 is 21.8 Å². The molecule has 0 atom stereocenters. The highest BCUT2D eigenvalue weighted by Crippen LogP contribution is 2.40. The minimum absolute atomic E-state index is 0.0689. The van der Waals surface area contributed by atoms with E-state index in [1.54, 1.807) is 10.8 Å². The van der Waals surface area contributed by atoms with Gasteiger partial charge in [0, 0.05) is 6.20 Å². The normalized spacial score (nSPS) is 16.1. The second-order valence-corrected chi connectivity index (χ2v) is 4.67. The van der Waals surface area contributed by atoms with Crippen molar-refractivity contribution in [2.75, 3.05) is 12.3 Å². The van der Waals surface area contributed by atoms with Crippen molar-refractivity contribution in [2.24, 2.45) is 11.5 Å². The number of nitrogens with zero attached hydrogens (tertiary/aromatic N) is 2. The van der Waals surface area contributed by atoms with Gasteiger partial charge in [-0.25, -0.2) is 0 Å². The van der Waals surface area contributed by atoms with Gasteiger partial charge >= 0.3 is 0 Å². The molecule has 2 aromatic heterocycles. The van der Waals surface area contributed by atoms with Gasteiger partial charge in [0.1, 0.15) is 0 Å². The summed E-state index contributed by atoms with van der Waals surface area (Å²) in [5, 5.41) is 0.409. The van der Waals surface area contributed by atoms with E-state index in [0.29, 0.717) is 16.6 Å². The zero-order valence-corrected chi connectivity index (χ0v) is 10.2. The van der Waals surface area contributed by atoms with Gasteiger partial charge in [-0.15, -0.1) is 0 Å². The van der Waals surface area contributed by atoms with Gasteiger partial charge in [-0.05, 0) is 12.8 Å². The second kappa shape index (κ2) is 3.85. The first kappa shape index (κ1) is 11.8. The van der Waals surface area contributed by atoms with E-state index in [1.165, 1.54) is 0 Å². The summed E-state index contributed by atoms with van der Waals surface area (Å²) >= 11 is 0. The Morgan fingerprint density at radius 3 is 2.89 bits per heavy atom. The number of fused-ring (bicyclic) bond motifs is 1. The molecule has 1 saturated carbocycles. The number of nitrogens with one attached hydrogen (secondary N) is 1. The quantitative estimate of drug-likeness (QED) is 0.489. The third-order valence-electron chi connectivity index (χ3n) is 3.24. The minimum atomic E-state index is -0.478. The summed E-state index contributed by atoms with van der Waals surface area (Å²) in [7, 11) is 0. The number of nitrogen functional groups attached to an aromatic ring is 1. The highest BCUT2D eigenvalue weighted by atomic mass is 16.1. The van der Waals surface area contributed by atoms with Crippen LogP contribution in [0.3, 0.4) is 0 Å². The lowest BCUT2D eigenvalue weighted by molar-refractivity contribution is 0.518. The monoisotopic (exact) mass is 258 g/mol. The Morgan fingerprint density at radius 1 is 1.53 bits per heavy atom. The molecule has 0 aromatic carbocycles. The zero-order chi connectivity index (χ0) is 13.6. The number of hydrogen-bond acceptors (Lipinski definition) is 5. The van der Waals surface area contributed by atoms with Gasteiger partial charge in [-0.2, -0.15) is 4.98 Å². The topological polar surface area (TPSA) is 129 Å². The predicted molar refractivity (Wildman–Crippen MR) is 72.1 cm³/mol. The van der Waals surface area contributed by atoms with Crippen molar-refractivity contribution in [3.8, 4) is 11.8 Å². The first-order valence-corrected chi connectivity index (χ1v) is 5.94. The van der Waals surface area contributed by atoms with Crippen LogP contribution in [0.2, 0.25) is 0 Å². The van der Waals surface area contributed by atoms with E-state index in [9.17, 15) is 4.79 Å². The Bertz CT molecular complexity index is 771. The first-order chi connectivity index (χ1) is 9.05. The molecular formula is C12H14N6O. The number of rotatable bonds is 1. The average Bonchev–Trinajstić information content (AvgIpc) is 2.98. The molecule has 0 radical (unpaired) electrons. The van der Waals surface area contributed by atoms with E-state index < -0.39 is 5.66 Å². The standard InChI is InChI=1S/C12H14N6O/c13-5-1-2-7-6-18(12(15)3-4-12)9-8(7)10(19)17-11(14)16-9/h6H,3-5,13,15H2,(H3,14,16,17,19). The Morgan fingerprint density at radius 2 is 2.26 bits per heavy atom. The van der Waals surface area contributed by atoms with E-state index in [1.807, 2.05) is 0 Å². The van der Waals surface area contributed by atoms with E-state index in [2.05, 4.69) is 21.8 Å². The third-order valence-corrected chi connectivity index (χ3v) is 3.24. The number of H-pyrrole nitrogens is 1. The summed E-state index contributed by atoms with van der Waals surface area (Å²) in [4.78, 5) is 18.7. The first-order valence-electron chi connectivity index (χ1n) is 5.94. The number of aromatic nitrogens is 3. The average molecular weight is 258 g/mol. The van der Waals surface area contributed by atoms with E-state index in [4.69, 9.17) is 17.2 Å². The van der Waals surface area contributed by atoms with Gasteiger partial charge in [0.05, 0.1) is 23.2 Å². The summed E-state index contributed by atoms with van der Waals surface area (Å²) in [6.45, 7) is 0.223. The molecule has 98 valence electrons. The van der Waals surface area contributed by atoms with Crippen LogP contribution >= 0.6 is 0 Å². The van der Waals surface area contributed by atoms with Crippen molar-refractivity contribution in [3.05, 3.63) is 22.1 Å². The Labute approximate surface area is 108 Å². The maximum atomic E-state index is 12.0. The maximum absolute atomic E-state index is 12.0. The van der Waals surface area contributed by atoms with Crippen molar-refractivity contribution < 1.29 is 0 Å². The molecule has 7 N–H and O–H groups in total. The van der Waals surface area contributed by atoms with E-state index in [-0.39, 0.29) is 18.1 Å². The van der Waals surface area contributed by atoms with Crippen molar-refractivity contribution in [1.82, 2.24) is 14.5 Å². The summed E-state index contributed by atoms with van der Waals surface area (Å²) in [5.41, 5.74) is 17.4. The molecule has 1 fully saturated rings. The number of nitrogens with two attached hydrogens (primary N) is 3. The maximum Gasteiger partial charge on any atom is 0.263 e. The molecule has 1 aliphatic rings. The predicted octanol–water partition coefficient (Wildman–Crippen LogP) is -0.978. The molecule has 19 heavy (non-hydrogen) atoms. The molecule has 2 heterocycles. The molecule has 3 rings (SSSR count). The molecule has 0 saturated heterocycles. The van der Waals surface area contributed by atoms with Crippen molar-refractivity contribution in [2.45, 2.75) is 18.5 Å². The lowest BCUT2D eigenvalue weighted by Gasteiger charge is -2.11. The lowest BCUT2D eigenvalue weighted by Crippen LogP contribution is -2.27. The highest BCUT2D eigenvalue weighted by Gasteiger charge is 2.42. The molecule has 0 spiro atoms. The third kappa shape index (κ3) is 1.78. The zero-order valence-electron chi connectivity index (χ0n) is 10.2. The molecule has 0 unspecified atom stereocenters. The van der Waals surface area contributed by atoms with Crippen molar-refractivity contribution >= 4 is 17.0 Å². The molecule has 7 nitrogen and oxygen atoms in total.